The van der Waals surface area contributed by atoms with Gasteiger partial charge in [0.2, 0.25) is 11.8 Å². The maximum atomic E-state index is 11.5. The van der Waals surface area contributed by atoms with Crippen LogP contribution in [-0.2, 0) is 20.4 Å². The number of rotatable bonds is 1. The summed E-state index contributed by atoms with van der Waals surface area (Å²) in [5, 5.41) is 10.7. The number of hydrogen-bond donors (Lipinski definition) is 1. The van der Waals surface area contributed by atoms with Crippen molar-refractivity contribution in [3.8, 4) is 0 Å². The summed E-state index contributed by atoms with van der Waals surface area (Å²) in [6.07, 6.45) is 0. The number of nitrogens with two attached hydrogens (primary N) is 1. The molecule has 2 aromatic rings. The number of fused-ring (bicyclic) bond motifs is 2. The minimum atomic E-state index is -0.441. The first-order chi connectivity index (χ1) is 14.7. The number of nitro benzene ring substituents is 1. The van der Waals surface area contributed by atoms with Crippen molar-refractivity contribution in [1.29, 1.82) is 0 Å². The number of benzene rings is 2. The Morgan fingerprint density at radius 1 is 0.875 bits per heavy atom. The van der Waals surface area contributed by atoms with Crippen molar-refractivity contribution in [2.24, 2.45) is 0 Å². The Morgan fingerprint density at radius 2 is 1.31 bits per heavy atom. The second-order valence-corrected chi connectivity index (χ2v) is 9.71. The molecule has 4 rings (SSSR count). The zero-order valence-electron chi connectivity index (χ0n) is 19.4. The van der Waals surface area contributed by atoms with E-state index in [1.165, 1.54) is 24.6 Å². The number of nitrogens with zero attached hydrogens (tertiary/aromatic N) is 3. The van der Waals surface area contributed by atoms with Gasteiger partial charge in [-0.15, -0.1) is 0 Å². The van der Waals surface area contributed by atoms with Crippen LogP contribution in [0.5, 0.6) is 0 Å². The topological polar surface area (TPSA) is 110 Å². The highest BCUT2D eigenvalue weighted by molar-refractivity contribution is 5.96. The summed E-state index contributed by atoms with van der Waals surface area (Å²) < 4.78 is 0. The highest BCUT2D eigenvalue weighted by Crippen LogP contribution is 2.42. The Kier molecular flexibility index (Phi) is 5.76. The van der Waals surface area contributed by atoms with Crippen LogP contribution in [0.15, 0.2) is 36.4 Å². The van der Waals surface area contributed by atoms with Gasteiger partial charge in [0.25, 0.3) is 5.69 Å². The predicted octanol–water partition coefficient (Wildman–Crippen LogP) is 4.15. The predicted molar refractivity (Wildman–Crippen MR) is 126 cm³/mol. The van der Waals surface area contributed by atoms with Gasteiger partial charge in [0, 0.05) is 61.3 Å². The average molecular weight is 439 g/mol. The molecule has 2 aliphatic heterocycles. The zero-order chi connectivity index (χ0) is 24.0. The first-order valence-corrected chi connectivity index (χ1v) is 10.5. The lowest BCUT2D eigenvalue weighted by Gasteiger charge is -2.19. The molecule has 8 nitrogen and oxygen atoms in total. The molecule has 0 atom stereocenters. The molecular formula is C24H30N4O4. The van der Waals surface area contributed by atoms with Gasteiger partial charge < -0.3 is 15.5 Å². The van der Waals surface area contributed by atoms with E-state index in [4.69, 9.17) is 5.73 Å². The van der Waals surface area contributed by atoms with Crippen molar-refractivity contribution in [3.05, 3.63) is 57.6 Å². The number of amides is 2. The summed E-state index contributed by atoms with van der Waals surface area (Å²) in [7, 11) is 0. The molecule has 170 valence electrons. The molecule has 0 bridgehead atoms. The Morgan fingerprint density at radius 3 is 1.75 bits per heavy atom. The standard InChI is InChI=1S/C12H14N2O3.C12H16N2O/c1-8(15)13-7-12(2,3)10-5-4-9(14(16)17)6-11(10)13;1-8(15)14-7-12(2,3)10-5-4-9(13)6-11(10)14/h4-6H,7H2,1-3H3;4-6H,7,13H2,1-3H3. The van der Waals surface area contributed by atoms with Crippen LogP contribution in [0.3, 0.4) is 0 Å². The van der Waals surface area contributed by atoms with E-state index in [0.29, 0.717) is 17.9 Å². The number of nitro groups is 1. The molecule has 0 saturated heterocycles. The molecule has 0 fully saturated rings. The van der Waals surface area contributed by atoms with Gasteiger partial charge in [-0.3, -0.25) is 19.7 Å². The third-order valence-corrected chi connectivity index (χ3v) is 6.12. The van der Waals surface area contributed by atoms with Crippen LogP contribution in [-0.4, -0.2) is 29.8 Å². The number of hydrogen-bond acceptors (Lipinski definition) is 5. The van der Waals surface area contributed by atoms with E-state index in [-0.39, 0.29) is 28.3 Å². The summed E-state index contributed by atoms with van der Waals surface area (Å²) in [6, 6.07) is 10.5. The second kappa shape index (κ2) is 7.93. The van der Waals surface area contributed by atoms with Crippen molar-refractivity contribution >= 4 is 34.6 Å². The first kappa shape index (κ1) is 23.2. The van der Waals surface area contributed by atoms with Crippen molar-refractivity contribution in [2.45, 2.75) is 52.4 Å². The molecule has 2 aliphatic rings. The first-order valence-electron chi connectivity index (χ1n) is 10.5. The van der Waals surface area contributed by atoms with Gasteiger partial charge in [-0.05, 0) is 29.3 Å². The molecule has 0 aliphatic carbocycles. The van der Waals surface area contributed by atoms with Gasteiger partial charge in [-0.25, -0.2) is 0 Å². The summed E-state index contributed by atoms with van der Waals surface area (Å²) in [4.78, 5) is 36.7. The number of non-ortho nitro benzene ring substituents is 1. The maximum Gasteiger partial charge on any atom is 0.271 e. The molecular weight excluding hydrogens is 408 g/mol. The Balaban J connectivity index is 0.000000182. The maximum absolute atomic E-state index is 11.5. The van der Waals surface area contributed by atoms with E-state index in [2.05, 4.69) is 13.8 Å². The van der Waals surface area contributed by atoms with Gasteiger partial charge in [-0.2, -0.15) is 0 Å². The Hall–Kier alpha value is -3.42. The smallest absolute Gasteiger partial charge is 0.271 e. The molecule has 2 N–H and O–H groups in total. The fraction of sp³-hybridized carbons (Fsp3) is 0.417. The van der Waals surface area contributed by atoms with Crippen LogP contribution in [0.2, 0.25) is 0 Å². The summed E-state index contributed by atoms with van der Waals surface area (Å²) >= 11 is 0. The van der Waals surface area contributed by atoms with Crippen molar-refractivity contribution in [1.82, 2.24) is 0 Å². The van der Waals surface area contributed by atoms with Crippen LogP contribution in [0.25, 0.3) is 0 Å². The van der Waals surface area contributed by atoms with E-state index in [9.17, 15) is 19.7 Å². The molecule has 8 heteroatoms. The van der Waals surface area contributed by atoms with Gasteiger partial charge in [0.15, 0.2) is 0 Å². The average Bonchev–Trinajstić information content (AvgIpc) is 3.12. The number of carbonyl (C=O) groups excluding carboxylic acids is 2. The lowest BCUT2D eigenvalue weighted by molar-refractivity contribution is -0.384. The van der Waals surface area contributed by atoms with Gasteiger partial charge in [0.05, 0.1) is 10.6 Å². The van der Waals surface area contributed by atoms with Crippen LogP contribution < -0.4 is 15.5 Å². The van der Waals surface area contributed by atoms with Crippen molar-refractivity contribution < 1.29 is 14.5 Å². The molecule has 0 unspecified atom stereocenters. The summed E-state index contributed by atoms with van der Waals surface area (Å²) in [5.41, 5.74) is 10.2. The van der Waals surface area contributed by atoms with E-state index in [1.54, 1.807) is 22.8 Å². The number of carbonyl (C=O) groups is 2. The molecule has 0 saturated carbocycles. The van der Waals surface area contributed by atoms with Gasteiger partial charge in [0.1, 0.15) is 0 Å². The fourth-order valence-electron chi connectivity index (χ4n) is 4.47. The van der Waals surface area contributed by atoms with Crippen molar-refractivity contribution in [3.63, 3.8) is 0 Å². The van der Waals surface area contributed by atoms with E-state index < -0.39 is 4.92 Å². The normalized spacial score (nSPS) is 17.2. The molecule has 2 heterocycles. The fourth-order valence-corrected chi connectivity index (χ4v) is 4.47. The molecule has 0 aromatic heterocycles. The Bertz CT molecular complexity index is 1110. The largest absolute Gasteiger partial charge is 0.399 e. The minimum Gasteiger partial charge on any atom is -0.399 e. The van der Waals surface area contributed by atoms with Crippen LogP contribution in [0.4, 0.5) is 22.7 Å². The highest BCUT2D eigenvalue weighted by atomic mass is 16.6. The molecule has 0 radical (unpaired) electrons. The summed E-state index contributed by atoms with van der Waals surface area (Å²) in [5.74, 6) is -0.00949. The van der Waals surface area contributed by atoms with Crippen LogP contribution in [0, 0.1) is 10.1 Å². The molecule has 2 aromatic carbocycles. The Labute approximate surface area is 188 Å². The monoisotopic (exact) mass is 438 g/mol. The molecule has 2 amide bonds. The highest BCUT2D eigenvalue weighted by Gasteiger charge is 2.38. The van der Waals surface area contributed by atoms with Crippen molar-refractivity contribution in [2.75, 3.05) is 28.6 Å². The SMILES string of the molecule is CC(=O)N1CC(C)(C)c2ccc(N)cc21.CC(=O)N1CC(C)(C)c2ccc([N+](=O)[O-])cc21. The lowest BCUT2D eigenvalue weighted by atomic mass is 9.87. The molecule has 32 heavy (non-hydrogen) atoms. The lowest BCUT2D eigenvalue weighted by Crippen LogP contribution is -2.31. The van der Waals surface area contributed by atoms with Gasteiger partial charge in [-0.1, -0.05) is 33.8 Å². The zero-order valence-corrected chi connectivity index (χ0v) is 19.4. The second-order valence-electron chi connectivity index (χ2n) is 9.71. The minimum absolute atomic E-state index is 0.0210. The number of nitrogen functional groups attached to an aromatic ring is 1. The third-order valence-electron chi connectivity index (χ3n) is 6.12. The quantitative estimate of drug-likeness (QED) is 0.409. The summed E-state index contributed by atoms with van der Waals surface area (Å²) in [6.45, 7) is 12.7. The van der Waals surface area contributed by atoms with E-state index in [1.807, 2.05) is 32.0 Å². The van der Waals surface area contributed by atoms with Crippen LogP contribution in [0.1, 0.15) is 52.7 Å². The van der Waals surface area contributed by atoms with Crippen LogP contribution >= 0.6 is 0 Å². The van der Waals surface area contributed by atoms with Gasteiger partial charge >= 0.3 is 0 Å². The number of anilines is 3. The van der Waals surface area contributed by atoms with E-state index in [0.717, 1.165) is 17.8 Å². The van der Waals surface area contributed by atoms with E-state index >= 15 is 0 Å². The molecule has 0 spiro atoms. The third kappa shape index (κ3) is 4.17.